The second-order valence-corrected chi connectivity index (χ2v) is 3.96. The van der Waals surface area contributed by atoms with Crippen LogP contribution in [0.15, 0.2) is 16.5 Å². The van der Waals surface area contributed by atoms with E-state index < -0.39 is 17.5 Å². The Hall–Kier alpha value is -2.05. The van der Waals surface area contributed by atoms with E-state index in [-0.39, 0.29) is 18.1 Å². The monoisotopic (exact) mass is 271 g/mol. The van der Waals surface area contributed by atoms with E-state index in [1.54, 1.807) is 0 Å². The summed E-state index contributed by atoms with van der Waals surface area (Å²) >= 11 is 0. The molecule has 4 nitrogen and oxygen atoms in total. The quantitative estimate of drug-likeness (QED) is 0.849. The zero-order valence-electron chi connectivity index (χ0n) is 10.2. The van der Waals surface area contributed by atoms with E-state index in [4.69, 9.17) is 4.42 Å². The number of aryl methyl sites for hydroxylation is 1. The first-order valence-corrected chi connectivity index (χ1v) is 5.79. The van der Waals surface area contributed by atoms with Crippen molar-refractivity contribution in [1.82, 2.24) is 10.2 Å². The lowest BCUT2D eigenvalue weighted by molar-refractivity contribution is 0.488. The van der Waals surface area contributed by atoms with Gasteiger partial charge in [-0.1, -0.05) is 12.0 Å². The summed E-state index contributed by atoms with van der Waals surface area (Å²) in [5, 5.41) is 10.1. The second-order valence-electron chi connectivity index (χ2n) is 3.96. The van der Waals surface area contributed by atoms with Crippen LogP contribution < -0.4 is 5.32 Å². The lowest BCUT2D eigenvalue weighted by Gasteiger charge is -2.04. The summed E-state index contributed by atoms with van der Waals surface area (Å²) in [4.78, 5) is 0. The summed E-state index contributed by atoms with van der Waals surface area (Å²) < 4.78 is 44.3. The highest BCUT2D eigenvalue weighted by atomic mass is 19.2. The normalized spacial score (nSPS) is 10.7. The average Bonchev–Trinajstić information content (AvgIpc) is 2.80. The van der Waals surface area contributed by atoms with Gasteiger partial charge in [0.05, 0.1) is 0 Å². The molecule has 0 aliphatic heterocycles. The van der Waals surface area contributed by atoms with Gasteiger partial charge < -0.3 is 9.73 Å². The molecule has 0 saturated heterocycles. The molecule has 0 aliphatic rings. The van der Waals surface area contributed by atoms with Crippen molar-refractivity contribution in [3.8, 4) is 0 Å². The van der Waals surface area contributed by atoms with Crippen molar-refractivity contribution in [2.75, 3.05) is 5.32 Å². The number of hydrogen-bond acceptors (Lipinski definition) is 4. The first-order chi connectivity index (χ1) is 9.10. The van der Waals surface area contributed by atoms with Crippen molar-refractivity contribution in [1.29, 1.82) is 0 Å². The van der Waals surface area contributed by atoms with Gasteiger partial charge in [-0.05, 0) is 12.5 Å². The number of benzene rings is 1. The summed E-state index contributed by atoms with van der Waals surface area (Å²) in [5.41, 5.74) is -0.0193. The molecule has 19 heavy (non-hydrogen) atoms. The van der Waals surface area contributed by atoms with Crippen molar-refractivity contribution >= 4 is 6.01 Å². The molecule has 0 aliphatic carbocycles. The zero-order chi connectivity index (χ0) is 13.8. The molecule has 0 fully saturated rings. The Bertz CT molecular complexity index is 571. The molecular weight excluding hydrogens is 259 g/mol. The number of nitrogens with zero attached hydrogens (tertiary/aromatic N) is 2. The fourth-order valence-corrected chi connectivity index (χ4v) is 1.51. The minimum Gasteiger partial charge on any atom is -0.408 e. The average molecular weight is 271 g/mol. The lowest BCUT2D eigenvalue weighted by Crippen LogP contribution is -2.03. The Balaban J connectivity index is 2.03. The van der Waals surface area contributed by atoms with E-state index in [0.717, 1.165) is 12.5 Å². The summed E-state index contributed by atoms with van der Waals surface area (Å²) in [6.45, 7) is 1.89. The van der Waals surface area contributed by atoms with Crippen LogP contribution in [0.25, 0.3) is 0 Å². The van der Waals surface area contributed by atoms with E-state index in [9.17, 15) is 13.2 Å². The molecule has 0 atom stereocenters. The van der Waals surface area contributed by atoms with E-state index in [0.29, 0.717) is 18.4 Å². The van der Waals surface area contributed by atoms with Gasteiger partial charge in [0.2, 0.25) is 5.89 Å². The molecule has 1 N–H and O–H groups in total. The molecular formula is C12H12F3N3O. The van der Waals surface area contributed by atoms with Crippen molar-refractivity contribution in [2.24, 2.45) is 0 Å². The molecule has 0 amide bonds. The Kier molecular flexibility index (Phi) is 4.03. The Morgan fingerprint density at radius 2 is 1.84 bits per heavy atom. The summed E-state index contributed by atoms with van der Waals surface area (Å²) in [6, 6.07) is 1.41. The number of aromatic nitrogens is 2. The number of rotatable bonds is 5. The highest BCUT2D eigenvalue weighted by Crippen LogP contribution is 2.15. The van der Waals surface area contributed by atoms with Gasteiger partial charge in [-0.3, -0.25) is 0 Å². The topological polar surface area (TPSA) is 51.0 Å². The largest absolute Gasteiger partial charge is 0.408 e. The predicted molar refractivity (Wildman–Crippen MR) is 61.9 cm³/mol. The first kappa shape index (κ1) is 13.4. The first-order valence-electron chi connectivity index (χ1n) is 5.79. The van der Waals surface area contributed by atoms with Gasteiger partial charge in [-0.2, -0.15) is 0 Å². The summed E-state index contributed by atoms with van der Waals surface area (Å²) in [5.74, 6) is -2.69. The van der Waals surface area contributed by atoms with Gasteiger partial charge in [0, 0.05) is 24.6 Å². The second kappa shape index (κ2) is 5.73. The Morgan fingerprint density at radius 3 is 2.58 bits per heavy atom. The van der Waals surface area contributed by atoms with E-state index in [2.05, 4.69) is 15.5 Å². The molecule has 1 heterocycles. The van der Waals surface area contributed by atoms with Gasteiger partial charge in [-0.25, -0.2) is 13.2 Å². The van der Waals surface area contributed by atoms with E-state index in [1.165, 1.54) is 0 Å². The molecule has 1 aromatic carbocycles. The van der Waals surface area contributed by atoms with E-state index in [1.807, 2.05) is 6.92 Å². The zero-order valence-corrected chi connectivity index (χ0v) is 10.2. The lowest BCUT2D eigenvalue weighted by atomic mass is 10.2. The molecule has 2 rings (SSSR count). The van der Waals surface area contributed by atoms with Crippen molar-refractivity contribution < 1.29 is 17.6 Å². The predicted octanol–water partition coefficient (Wildman–Crippen LogP) is 3.05. The minimum absolute atomic E-state index is 0.0193. The van der Waals surface area contributed by atoms with Crippen LogP contribution in [-0.2, 0) is 13.0 Å². The van der Waals surface area contributed by atoms with Gasteiger partial charge >= 0.3 is 6.01 Å². The Morgan fingerprint density at radius 1 is 1.11 bits per heavy atom. The van der Waals surface area contributed by atoms with Crippen molar-refractivity contribution in [3.63, 3.8) is 0 Å². The number of halogens is 3. The standard InChI is InChI=1S/C12H12F3N3O/c1-2-3-11-17-18-12(19-11)16-6-7-4-9(14)10(15)5-8(7)13/h4-5H,2-3,6H2,1H3,(H,16,18). The van der Waals surface area contributed by atoms with Crippen LogP contribution in [0.2, 0.25) is 0 Å². The van der Waals surface area contributed by atoms with Crippen LogP contribution in [0, 0.1) is 17.5 Å². The third kappa shape index (κ3) is 3.24. The number of nitrogens with one attached hydrogen (secondary N) is 1. The third-order valence-electron chi connectivity index (χ3n) is 2.45. The van der Waals surface area contributed by atoms with Gasteiger partial charge in [0.25, 0.3) is 0 Å². The highest BCUT2D eigenvalue weighted by Gasteiger charge is 2.11. The number of hydrogen-bond donors (Lipinski definition) is 1. The molecule has 7 heteroatoms. The van der Waals surface area contributed by atoms with Gasteiger partial charge in [0.15, 0.2) is 11.6 Å². The van der Waals surface area contributed by atoms with Crippen LogP contribution in [0.4, 0.5) is 19.2 Å². The fourth-order valence-electron chi connectivity index (χ4n) is 1.51. The highest BCUT2D eigenvalue weighted by molar-refractivity contribution is 5.26. The maximum Gasteiger partial charge on any atom is 0.315 e. The van der Waals surface area contributed by atoms with Gasteiger partial charge in [0.1, 0.15) is 5.82 Å². The maximum absolute atomic E-state index is 13.3. The van der Waals surface area contributed by atoms with Crippen molar-refractivity contribution in [3.05, 3.63) is 41.0 Å². The van der Waals surface area contributed by atoms with Crippen LogP contribution in [0.5, 0.6) is 0 Å². The number of anilines is 1. The molecule has 0 bridgehead atoms. The van der Waals surface area contributed by atoms with E-state index >= 15 is 0 Å². The van der Waals surface area contributed by atoms with Crippen LogP contribution >= 0.6 is 0 Å². The molecule has 102 valence electrons. The SMILES string of the molecule is CCCc1nnc(NCc2cc(F)c(F)cc2F)o1. The maximum atomic E-state index is 13.3. The molecule has 1 aromatic heterocycles. The molecule has 0 saturated carbocycles. The minimum atomic E-state index is -1.22. The molecule has 0 unspecified atom stereocenters. The van der Waals surface area contributed by atoms with Crippen molar-refractivity contribution in [2.45, 2.75) is 26.3 Å². The molecule has 0 spiro atoms. The van der Waals surface area contributed by atoms with Crippen LogP contribution in [0.3, 0.4) is 0 Å². The van der Waals surface area contributed by atoms with Gasteiger partial charge in [-0.15, -0.1) is 5.10 Å². The molecule has 0 radical (unpaired) electrons. The smallest absolute Gasteiger partial charge is 0.315 e. The summed E-state index contributed by atoms with van der Waals surface area (Å²) in [7, 11) is 0. The summed E-state index contributed by atoms with van der Waals surface area (Å²) in [6.07, 6.45) is 1.51. The fraction of sp³-hybridized carbons (Fsp3) is 0.333. The third-order valence-corrected chi connectivity index (χ3v) is 2.45. The Labute approximate surface area is 107 Å². The molecule has 2 aromatic rings. The van der Waals surface area contributed by atoms with Crippen LogP contribution in [0.1, 0.15) is 24.8 Å². The van der Waals surface area contributed by atoms with Crippen LogP contribution in [-0.4, -0.2) is 10.2 Å².